The molecule has 0 saturated carbocycles. The molecule has 1 aliphatic heterocycles. The summed E-state index contributed by atoms with van der Waals surface area (Å²) >= 11 is 0. The number of benzene rings is 3. The van der Waals surface area contributed by atoms with Gasteiger partial charge in [0.1, 0.15) is 40.2 Å². The molecule has 0 N–H and O–H groups in total. The third-order valence-electron chi connectivity index (χ3n) is 8.85. The van der Waals surface area contributed by atoms with Crippen LogP contribution in [0.4, 0.5) is 17.1 Å². The van der Waals surface area contributed by atoms with Crippen LogP contribution in [-0.2, 0) is 4.74 Å². The number of hydrogen-bond acceptors (Lipinski definition) is 9. The van der Waals surface area contributed by atoms with Gasteiger partial charge in [0.05, 0.1) is 11.1 Å². The van der Waals surface area contributed by atoms with Crippen molar-refractivity contribution in [2.45, 2.75) is 12.5 Å². The van der Waals surface area contributed by atoms with E-state index in [1.807, 2.05) is 117 Å². The predicted octanol–water partition coefficient (Wildman–Crippen LogP) is 6.98. The van der Waals surface area contributed by atoms with Gasteiger partial charge in [-0.2, -0.15) is 10.5 Å². The van der Waals surface area contributed by atoms with Crippen LogP contribution < -0.4 is 26.8 Å². The molecule has 1 unspecified atom stereocenters. The lowest BCUT2D eigenvalue weighted by Crippen LogP contribution is -2.38. The summed E-state index contributed by atoms with van der Waals surface area (Å²) in [7, 11) is 3.94. The van der Waals surface area contributed by atoms with Crippen LogP contribution in [0, 0.1) is 22.7 Å². The number of ether oxygens (including phenoxy) is 1. The minimum absolute atomic E-state index is 0.125. The Morgan fingerprint density at radius 3 is 1.94 bits per heavy atom. The van der Waals surface area contributed by atoms with Gasteiger partial charge < -0.3 is 23.4 Å². The van der Waals surface area contributed by atoms with Gasteiger partial charge in [-0.3, -0.25) is 0 Å². The highest BCUT2D eigenvalue weighted by Crippen LogP contribution is 2.35. The Balaban J connectivity index is 1.17. The van der Waals surface area contributed by atoms with Gasteiger partial charge in [0, 0.05) is 45.3 Å². The molecule has 3 heterocycles. The molecular weight excluding hydrogens is 665 g/mol. The smallest absolute Gasteiger partial charge is 0.343 e. The Morgan fingerprint density at radius 1 is 0.736 bits per heavy atom. The minimum Gasteiger partial charge on any atom is -0.457 e. The third-order valence-corrected chi connectivity index (χ3v) is 8.85. The van der Waals surface area contributed by atoms with E-state index in [1.54, 1.807) is 36.4 Å². The first-order chi connectivity index (χ1) is 25.8. The molecule has 1 atom stereocenters. The van der Waals surface area contributed by atoms with E-state index in [9.17, 15) is 20.1 Å². The maximum Gasteiger partial charge on any atom is 0.343 e. The molecule has 0 spiro atoms. The molecule has 258 valence electrons. The maximum absolute atomic E-state index is 13.2. The highest BCUT2D eigenvalue weighted by Gasteiger charge is 2.16. The van der Waals surface area contributed by atoms with Crippen molar-refractivity contribution in [1.82, 2.24) is 4.90 Å². The van der Waals surface area contributed by atoms with Gasteiger partial charge in [-0.15, -0.1) is 0 Å². The molecule has 0 saturated heterocycles. The number of nitriles is 2. The van der Waals surface area contributed by atoms with Crippen LogP contribution in [-0.4, -0.2) is 25.0 Å². The number of para-hydroxylation sites is 2. The van der Waals surface area contributed by atoms with Crippen LogP contribution in [0.25, 0.3) is 35.3 Å². The van der Waals surface area contributed by atoms with Crippen molar-refractivity contribution in [1.29, 1.82) is 10.5 Å². The van der Waals surface area contributed by atoms with E-state index in [-0.39, 0.29) is 28.7 Å². The van der Waals surface area contributed by atoms with E-state index in [0.29, 0.717) is 27.5 Å². The average Bonchev–Trinajstić information content (AvgIpc) is 3.17. The number of hydrogen-bond donors (Lipinski definition) is 0. The van der Waals surface area contributed by atoms with Crippen molar-refractivity contribution in [2.75, 3.05) is 19.0 Å². The first-order valence-corrected chi connectivity index (χ1v) is 16.8. The summed E-state index contributed by atoms with van der Waals surface area (Å²) < 4.78 is 17.5. The lowest BCUT2D eigenvalue weighted by molar-refractivity contribution is 0.332. The first-order valence-electron chi connectivity index (χ1n) is 16.8. The summed E-state index contributed by atoms with van der Waals surface area (Å²) in [6.07, 6.45) is 14.1. The number of rotatable bonds is 8. The largest absolute Gasteiger partial charge is 0.457 e. The van der Waals surface area contributed by atoms with Crippen molar-refractivity contribution >= 4 is 52.3 Å². The van der Waals surface area contributed by atoms with Crippen molar-refractivity contribution < 1.29 is 13.6 Å². The lowest BCUT2D eigenvalue weighted by atomic mass is 10.0. The zero-order chi connectivity index (χ0) is 36.9. The van der Waals surface area contributed by atoms with Crippen LogP contribution >= 0.6 is 0 Å². The van der Waals surface area contributed by atoms with Crippen molar-refractivity contribution in [2.24, 2.45) is 0 Å². The molecule has 2 aromatic heterocycles. The van der Waals surface area contributed by atoms with Crippen LogP contribution in [0.15, 0.2) is 156 Å². The second kappa shape index (κ2) is 15.0. The number of allylic oxidation sites excluding steroid dienone is 6. The third kappa shape index (κ3) is 7.47. The minimum atomic E-state index is -0.556. The molecule has 0 fully saturated rings. The maximum atomic E-state index is 13.2. The Bertz CT molecular complexity index is 2670. The second-order valence-corrected chi connectivity index (χ2v) is 12.6. The van der Waals surface area contributed by atoms with Crippen molar-refractivity contribution in [3.8, 4) is 12.1 Å². The van der Waals surface area contributed by atoms with Crippen LogP contribution in [0.5, 0.6) is 0 Å². The number of nitrogens with zero attached hydrogens (tertiary/aromatic N) is 4. The second-order valence-electron chi connectivity index (χ2n) is 12.6. The molecule has 0 radical (unpaired) electrons. The average molecular weight is 697 g/mol. The molecule has 5 aromatic rings. The highest BCUT2D eigenvalue weighted by atomic mass is 16.5. The summed E-state index contributed by atoms with van der Waals surface area (Å²) in [5.74, 6) is 0.529. The first kappa shape index (κ1) is 34.3. The Morgan fingerprint density at radius 2 is 1.34 bits per heavy atom. The standard InChI is InChI=1S/C44H32N4O5/c1-47(2)37-17-13-29-21-31(43(49)52-41(29)25-37)15-19-39-23-33(34(27-45)28-46)24-40(51-39)20-16-32-22-30-14-18-38(26-42(30)53-44(32)50)48(35-9-5-3-6-10-35)36-11-7-4-8-12-36/h3-16,18-26,37H,17H2,1-2H3/b19-15+,20-16+. The fourth-order valence-electron chi connectivity index (χ4n) is 6.09. The van der Waals surface area contributed by atoms with Crippen LogP contribution in [0.3, 0.4) is 0 Å². The predicted molar refractivity (Wildman–Crippen MR) is 206 cm³/mol. The zero-order valence-electron chi connectivity index (χ0n) is 28.9. The molecule has 3 aromatic carbocycles. The van der Waals surface area contributed by atoms with E-state index in [0.717, 1.165) is 28.7 Å². The summed E-state index contributed by atoms with van der Waals surface area (Å²) in [6.45, 7) is 0. The van der Waals surface area contributed by atoms with Crippen LogP contribution in [0.1, 0.15) is 17.5 Å². The fraction of sp³-hybridized carbons (Fsp3) is 0.0909. The van der Waals surface area contributed by atoms with E-state index in [1.165, 1.54) is 12.2 Å². The van der Waals surface area contributed by atoms with Gasteiger partial charge in [-0.1, -0.05) is 42.5 Å². The van der Waals surface area contributed by atoms with Crippen molar-refractivity contribution in [3.05, 3.63) is 181 Å². The van der Waals surface area contributed by atoms with Gasteiger partial charge in [0.15, 0.2) is 0 Å². The zero-order valence-corrected chi connectivity index (χ0v) is 28.9. The summed E-state index contributed by atoms with van der Waals surface area (Å²) in [5, 5.41) is 20.7. The molecule has 7 rings (SSSR count). The summed E-state index contributed by atoms with van der Waals surface area (Å²) in [5.41, 5.74) is 3.38. The summed E-state index contributed by atoms with van der Waals surface area (Å²) in [4.78, 5) is 30.2. The number of anilines is 3. The number of fused-ring (bicyclic) bond motifs is 2. The van der Waals surface area contributed by atoms with Crippen molar-refractivity contribution in [3.63, 3.8) is 0 Å². The van der Waals surface area contributed by atoms with E-state index in [2.05, 4.69) is 9.80 Å². The quantitative estimate of drug-likeness (QED) is 0.125. The monoisotopic (exact) mass is 696 g/mol. The Labute approximate surface area is 304 Å². The molecule has 53 heavy (non-hydrogen) atoms. The summed E-state index contributed by atoms with van der Waals surface area (Å²) in [6, 6.07) is 33.0. The van der Waals surface area contributed by atoms with E-state index < -0.39 is 11.3 Å². The molecule has 9 nitrogen and oxygen atoms in total. The lowest BCUT2D eigenvalue weighted by Gasteiger charge is -2.25. The van der Waals surface area contributed by atoms with Gasteiger partial charge >= 0.3 is 11.3 Å². The van der Waals surface area contributed by atoms with Gasteiger partial charge in [-0.05, 0) is 112 Å². The Hall–Kier alpha value is -7.20. The topological polar surface area (TPSA) is 124 Å². The van der Waals surface area contributed by atoms with Gasteiger partial charge in [0.2, 0.25) is 0 Å². The molecule has 2 aliphatic rings. The van der Waals surface area contributed by atoms with Crippen LogP contribution in [0.2, 0.25) is 0 Å². The SMILES string of the molecule is CN(C)C1C=c2oc(=O)c(/C=C/C3=CC(=C(C#N)C#N)C=C(/C=C/c4cc5ccc(N(c6ccccc6)c6ccccc6)cc5oc4=O)O3)cc2=CC1. The molecule has 0 bridgehead atoms. The Kier molecular flexibility index (Phi) is 9.67. The van der Waals surface area contributed by atoms with E-state index in [4.69, 9.17) is 13.6 Å². The van der Waals surface area contributed by atoms with Gasteiger partial charge in [0.25, 0.3) is 0 Å². The molecule has 0 amide bonds. The molecule has 1 aliphatic carbocycles. The highest BCUT2D eigenvalue weighted by molar-refractivity contribution is 5.86. The van der Waals surface area contributed by atoms with E-state index >= 15 is 0 Å². The van der Waals surface area contributed by atoms with Gasteiger partial charge in [-0.25, -0.2) is 9.59 Å². The normalized spacial score (nSPS) is 15.1. The molecular formula is C44H32N4O5. The fourth-order valence-corrected chi connectivity index (χ4v) is 6.09. The molecule has 9 heteroatoms.